The number of hydrogen-bond acceptors (Lipinski definition) is 0. The molecule has 0 aromatic heterocycles. The molecule has 0 aliphatic heterocycles. The van der Waals surface area contributed by atoms with Crippen molar-refractivity contribution in [3.8, 4) is 0 Å². The Morgan fingerprint density at radius 2 is 0.778 bits per heavy atom. The van der Waals surface area contributed by atoms with Crippen LogP contribution in [0.15, 0.2) is 0 Å². The second-order valence-electron chi connectivity index (χ2n) is 12.3. The molecule has 0 fully saturated rings. The van der Waals surface area contributed by atoms with Gasteiger partial charge in [-0.3, -0.25) is 0 Å². The lowest BCUT2D eigenvalue weighted by Gasteiger charge is -2.48. The van der Waals surface area contributed by atoms with Gasteiger partial charge in [-0.1, -0.05) is 183 Å². The Morgan fingerprint density at radius 3 is 1.17 bits per heavy atom. The molecule has 1 unspecified atom stereocenters. The summed E-state index contributed by atoms with van der Waals surface area (Å²) >= 11 is 0. The highest BCUT2D eigenvalue weighted by Gasteiger charge is 2.43. The van der Waals surface area contributed by atoms with E-state index in [1.807, 2.05) is 0 Å². The van der Waals surface area contributed by atoms with E-state index in [-0.39, 0.29) is 0 Å². The number of unbranched alkanes of at least 4 members (excludes halogenated alkanes) is 15. The highest BCUT2D eigenvalue weighted by atomic mass is 14.5. The average Bonchev–Trinajstić information content (AvgIpc) is 2.89. The molecule has 0 nitrogen and oxygen atoms in total. The Bertz CT molecular complexity index is 386. The van der Waals surface area contributed by atoms with E-state index in [9.17, 15) is 0 Å². The van der Waals surface area contributed by atoms with Crippen molar-refractivity contribution in [1.82, 2.24) is 0 Å². The zero-order chi connectivity index (χ0) is 26.7. The summed E-state index contributed by atoms with van der Waals surface area (Å²) < 4.78 is 0. The van der Waals surface area contributed by atoms with E-state index in [4.69, 9.17) is 0 Å². The predicted molar refractivity (Wildman–Crippen MR) is 168 cm³/mol. The van der Waals surface area contributed by atoms with Crippen LogP contribution in [0.4, 0.5) is 0 Å². The maximum absolute atomic E-state index is 2.47. The molecule has 0 rings (SSSR count). The molecule has 0 amide bonds. The van der Waals surface area contributed by atoms with E-state index in [1.54, 1.807) is 0 Å². The summed E-state index contributed by atoms with van der Waals surface area (Å²) in [5, 5.41) is 0. The van der Waals surface area contributed by atoms with Gasteiger partial charge in [0.05, 0.1) is 0 Å². The zero-order valence-electron chi connectivity index (χ0n) is 26.7. The van der Waals surface area contributed by atoms with Crippen LogP contribution in [0.5, 0.6) is 0 Å². The van der Waals surface area contributed by atoms with E-state index in [1.165, 1.54) is 173 Å². The lowest BCUT2D eigenvalue weighted by Crippen LogP contribution is -2.38. The monoisotopic (exact) mass is 506 g/mol. The van der Waals surface area contributed by atoms with Crippen LogP contribution in [-0.4, -0.2) is 0 Å². The first-order chi connectivity index (χ1) is 17.7. The Hall–Kier alpha value is 0. The number of rotatable bonds is 29. The van der Waals surface area contributed by atoms with Gasteiger partial charge in [0.15, 0.2) is 0 Å². The molecule has 1 atom stereocenters. The second kappa shape index (κ2) is 26.6. The summed E-state index contributed by atoms with van der Waals surface area (Å²) in [6.45, 7) is 14.3. The first-order valence-electron chi connectivity index (χ1n) is 17.5. The van der Waals surface area contributed by atoms with E-state index in [0.717, 1.165) is 5.92 Å². The van der Waals surface area contributed by atoms with Crippen molar-refractivity contribution in [3.05, 3.63) is 5.92 Å². The van der Waals surface area contributed by atoms with Gasteiger partial charge in [-0.2, -0.15) is 0 Å². The van der Waals surface area contributed by atoms with Gasteiger partial charge in [-0.05, 0) is 49.4 Å². The molecule has 0 bridgehead atoms. The first-order valence-corrected chi connectivity index (χ1v) is 17.5. The number of hydrogen-bond donors (Lipinski definition) is 0. The second-order valence-corrected chi connectivity index (χ2v) is 12.3. The average molecular weight is 506 g/mol. The quantitative estimate of drug-likeness (QED) is 0.0886. The Labute approximate surface area is 232 Å². The molecule has 0 heterocycles. The van der Waals surface area contributed by atoms with Crippen LogP contribution in [0, 0.1) is 17.3 Å². The van der Waals surface area contributed by atoms with E-state index < -0.39 is 0 Å². The van der Waals surface area contributed by atoms with Crippen LogP contribution in [0.1, 0.15) is 215 Å². The molecule has 0 heteroatoms. The Balaban J connectivity index is 6.03. The standard InChI is InChI=1S/C36H73/c1-7-13-18-23-29-34(28-12-6)36(32-26-21-16-10-4,33-27-22-17-11-5)35(30-24-19-14-8-2)31-25-20-15-9-3/h34H,7-33H2,1-6H3. The molecule has 0 aliphatic carbocycles. The fraction of sp³-hybridized carbons (Fsp3) is 0.972. The normalized spacial score (nSPS) is 13.1. The minimum Gasteiger partial charge on any atom is -0.0654 e. The fourth-order valence-electron chi connectivity index (χ4n) is 6.93. The lowest BCUT2D eigenvalue weighted by molar-refractivity contribution is 0.0994. The van der Waals surface area contributed by atoms with Gasteiger partial charge in [0.1, 0.15) is 0 Å². The van der Waals surface area contributed by atoms with Crippen LogP contribution in [0.3, 0.4) is 0 Å². The van der Waals surface area contributed by atoms with Crippen LogP contribution in [0.2, 0.25) is 0 Å². The predicted octanol–water partition coefficient (Wildman–Crippen LogP) is 13.8. The summed E-state index contributed by atoms with van der Waals surface area (Å²) in [4.78, 5) is 0. The smallest absolute Gasteiger partial charge is 0.0176 e. The molecule has 0 aromatic rings. The van der Waals surface area contributed by atoms with E-state index in [2.05, 4.69) is 47.5 Å². The molecule has 217 valence electrons. The zero-order valence-corrected chi connectivity index (χ0v) is 26.7. The van der Waals surface area contributed by atoms with Crippen LogP contribution < -0.4 is 0 Å². The maximum atomic E-state index is 2.47. The summed E-state index contributed by atoms with van der Waals surface area (Å²) in [5.41, 5.74) is 0.544. The molecule has 0 aromatic carbocycles. The SMILES string of the molecule is CCCCCC[C](CCCCCC)C(CCCCCC)(CCCCCC)C(CCC)CCCCCC. The third kappa shape index (κ3) is 16.8. The highest BCUT2D eigenvalue weighted by molar-refractivity contribution is 5.10. The van der Waals surface area contributed by atoms with Gasteiger partial charge in [0, 0.05) is 0 Å². The topological polar surface area (TPSA) is 0 Å². The van der Waals surface area contributed by atoms with Crippen LogP contribution in [-0.2, 0) is 0 Å². The fourth-order valence-corrected chi connectivity index (χ4v) is 6.93. The van der Waals surface area contributed by atoms with E-state index in [0.29, 0.717) is 5.41 Å². The van der Waals surface area contributed by atoms with Crippen molar-refractivity contribution in [2.45, 2.75) is 215 Å². The third-order valence-corrected chi connectivity index (χ3v) is 9.15. The molecule has 36 heavy (non-hydrogen) atoms. The van der Waals surface area contributed by atoms with Crippen molar-refractivity contribution in [1.29, 1.82) is 0 Å². The van der Waals surface area contributed by atoms with Gasteiger partial charge in [0.25, 0.3) is 0 Å². The summed E-state index contributed by atoms with van der Waals surface area (Å²) in [7, 11) is 0. The van der Waals surface area contributed by atoms with Crippen LogP contribution in [0.25, 0.3) is 0 Å². The van der Waals surface area contributed by atoms with Crippen LogP contribution >= 0.6 is 0 Å². The van der Waals surface area contributed by atoms with Gasteiger partial charge in [0.2, 0.25) is 0 Å². The Kier molecular flexibility index (Phi) is 26.6. The van der Waals surface area contributed by atoms with Crippen molar-refractivity contribution in [2.24, 2.45) is 11.3 Å². The van der Waals surface area contributed by atoms with Crippen molar-refractivity contribution >= 4 is 0 Å². The van der Waals surface area contributed by atoms with Gasteiger partial charge in [-0.25, -0.2) is 0 Å². The van der Waals surface area contributed by atoms with Crippen molar-refractivity contribution in [3.63, 3.8) is 0 Å². The molecular formula is C36H73. The minimum atomic E-state index is 0.544. The molecule has 0 spiro atoms. The van der Waals surface area contributed by atoms with Gasteiger partial charge < -0.3 is 0 Å². The molecule has 0 aliphatic rings. The largest absolute Gasteiger partial charge is 0.0654 e. The summed E-state index contributed by atoms with van der Waals surface area (Å²) in [5.74, 6) is 3.01. The highest BCUT2D eigenvalue weighted by Crippen LogP contribution is 2.54. The van der Waals surface area contributed by atoms with E-state index >= 15 is 0 Å². The van der Waals surface area contributed by atoms with Gasteiger partial charge >= 0.3 is 0 Å². The molecule has 0 saturated carbocycles. The maximum Gasteiger partial charge on any atom is -0.0176 e. The van der Waals surface area contributed by atoms with Crippen molar-refractivity contribution < 1.29 is 0 Å². The molecule has 0 N–H and O–H groups in total. The Morgan fingerprint density at radius 1 is 0.389 bits per heavy atom. The molecule has 1 radical (unpaired) electrons. The van der Waals surface area contributed by atoms with Crippen molar-refractivity contribution in [2.75, 3.05) is 0 Å². The molecular weight excluding hydrogens is 432 g/mol. The molecule has 0 saturated heterocycles. The summed E-state index contributed by atoms with van der Waals surface area (Å²) in [6.07, 6.45) is 38.9. The summed E-state index contributed by atoms with van der Waals surface area (Å²) in [6, 6.07) is 0. The minimum absolute atomic E-state index is 0.544. The first kappa shape index (κ1) is 36.0. The van der Waals surface area contributed by atoms with Gasteiger partial charge in [-0.15, -0.1) is 0 Å². The third-order valence-electron chi connectivity index (χ3n) is 9.15. The lowest BCUT2D eigenvalue weighted by atomic mass is 9.56.